The number of ether oxygens (including phenoxy) is 2. The zero-order chi connectivity index (χ0) is 23.8. The molecule has 3 aromatic rings. The predicted molar refractivity (Wildman–Crippen MR) is 123 cm³/mol. The molecule has 3 aromatic heterocycles. The highest BCUT2D eigenvalue weighted by Crippen LogP contribution is 2.13. The third kappa shape index (κ3) is 5.25. The number of fused-ring (bicyclic) bond motifs is 2. The molecule has 0 radical (unpaired) electrons. The molecule has 0 aromatic carbocycles. The first-order valence-corrected chi connectivity index (χ1v) is 10.5. The molecule has 170 valence electrons. The van der Waals surface area contributed by atoms with E-state index in [-0.39, 0.29) is 22.0 Å². The fraction of sp³-hybridized carbons (Fsp3) is 0.292. The number of aryl methyl sites for hydroxylation is 2. The highest BCUT2D eigenvalue weighted by atomic mass is 16.5. The zero-order valence-corrected chi connectivity index (χ0v) is 18.8. The SMILES string of the molecule is CCOCCCn1c(=NC(=O)/C=C/C=C/OC)c(C#N)cc2c(=O)n3cccc(C)c3nc21. The lowest BCUT2D eigenvalue weighted by atomic mass is 10.2. The molecule has 0 saturated heterocycles. The fourth-order valence-corrected chi connectivity index (χ4v) is 3.37. The molecule has 0 atom stereocenters. The van der Waals surface area contributed by atoms with Crippen LogP contribution in [-0.4, -0.2) is 40.2 Å². The van der Waals surface area contributed by atoms with Gasteiger partial charge in [-0.25, -0.2) is 4.98 Å². The predicted octanol–water partition coefficient (Wildman–Crippen LogP) is 2.40. The minimum Gasteiger partial charge on any atom is -0.504 e. The van der Waals surface area contributed by atoms with Crippen molar-refractivity contribution >= 4 is 22.6 Å². The Morgan fingerprint density at radius 3 is 2.88 bits per heavy atom. The molecule has 9 heteroatoms. The summed E-state index contributed by atoms with van der Waals surface area (Å²) in [6.07, 6.45) is 7.94. The maximum absolute atomic E-state index is 13.2. The molecule has 0 N–H and O–H groups in total. The van der Waals surface area contributed by atoms with Crippen molar-refractivity contribution in [2.75, 3.05) is 20.3 Å². The van der Waals surface area contributed by atoms with Crippen LogP contribution in [0.25, 0.3) is 16.7 Å². The van der Waals surface area contributed by atoms with E-state index in [9.17, 15) is 14.9 Å². The van der Waals surface area contributed by atoms with E-state index in [0.29, 0.717) is 37.5 Å². The third-order valence-corrected chi connectivity index (χ3v) is 4.88. The van der Waals surface area contributed by atoms with E-state index >= 15 is 0 Å². The third-order valence-electron chi connectivity index (χ3n) is 4.88. The van der Waals surface area contributed by atoms with Crippen LogP contribution in [0, 0.1) is 18.3 Å². The number of carbonyl (C=O) groups excluding carboxylic acids is 1. The van der Waals surface area contributed by atoms with E-state index in [0.717, 1.165) is 5.56 Å². The summed E-state index contributed by atoms with van der Waals surface area (Å²) in [7, 11) is 1.50. The number of nitriles is 1. The Labute approximate surface area is 190 Å². The van der Waals surface area contributed by atoms with Gasteiger partial charge in [-0.2, -0.15) is 10.3 Å². The number of rotatable bonds is 8. The largest absolute Gasteiger partial charge is 0.504 e. The van der Waals surface area contributed by atoms with E-state index in [1.54, 1.807) is 22.9 Å². The maximum Gasteiger partial charge on any atom is 0.271 e. The van der Waals surface area contributed by atoms with Gasteiger partial charge < -0.3 is 14.0 Å². The van der Waals surface area contributed by atoms with Gasteiger partial charge in [0.2, 0.25) is 0 Å². The van der Waals surface area contributed by atoms with Gasteiger partial charge in [0.15, 0.2) is 5.49 Å². The van der Waals surface area contributed by atoms with E-state index in [4.69, 9.17) is 14.5 Å². The van der Waals surface area contributed by atoms with Crippen molar-refractivity contribution in [2.45, 2.75) is 26.8 Å². The summed E-state index contributed by atoms with van der Waals surface area (Å²) in [4.78, 5) is 34.6. The first-order valence-electron chi connectivity index (χ1n) is 10.5. The lowest BCUT2D eigenvalue weighted by Gasteiger charge is -2.14. The molecular weight excluding hydrogens is 422 g/mol. The summed E-state index contributed by atoms with van der Waals surface area (Å²) in [5.74, 6) is -0.557. The number of carbonyl (C=O) groups is 1. The molecule has 0 bridgehead atoms. The number of amides is 1. The molecule has 0 aliphatic rings. The van der Waals surface area contributed by atoms with Crippen molar-refractivity contribution in [1.82, 2.24) is 14.0 Å². The quantitative estimate of drug-likeness (QED) is 0.172. The van der Waals surface area contributed by atoms with Crippen LogP contribution in [0.4, 0.5) is 0 Å². The number of hydrogen-bond donors (Lipinski definition) is 0. The van der Waals surface area contributed by atoms with Crippen LogP contribution < -0.4 is 11.0 Å². The van der Waals surface area contributed by atoms with Crippen LogP contribution in [-0.2, 0) is 20.8 Å². The smallest absolute Gasteiger partial charge is 0.271 e. The molecule has 3 heterocycles. The van der Waals surface area contributed by atoms with Gasteiger partial charge in [-0.3, -0.25) is 14.0 Å². The minimum absolute atomic E-state index is 0.111. The Balaban J connectivity index is 2.31. The molecule has 0 aliphatic carbocycles. The van der Waals surface area contributed by atoms with E-state index in [1.807, 2.05) is 19.9 Å². The molecule has 0 fully saturated rings. The Hall–Kier alpha value is -4.03. The lowest BCUT2D eigenvalue weighted by molar-refractivity contribution is -0.113. The normalized spacial score (nSPS) is 12.2. The van der Waals surface area contributed by atoms with Gasteiger partial charge >= 0.3 is 0 Å². The van der Waals surface area contributed by atoms with Crippen molar-refractivity contribution in [3.63, 3.8) is 0 Å². The van der Waals surface area contributed by atoms with E-state index < -0.39 is 5.91 Å². The van der Waals surface area contributed by atoms with Gasteiger partial charge in [-0.05, 0) is 44.0 Å². The Morgan fingerprint density at radius 1 is 1.33 bits per heavy atom. The van der Waals surface area contributed by atoms with Crippen LogP contribution in [0.5, 0.6) is 0 Å². The Bertz CT molecular complexity index is 1410. The number of nitrogens with zero attached hydrogens (tertiary/aromatic N) is 5. The number of aromatic nitrogens is 3. The first kappa shape index (κ1) is 23.6. The summed E-state index contributed by atoms with van der Waals surface area (Å²) in [5, 5.41) is 10.1. The number of allylic oxidation sites excluding steroid dienone is 2. The minimum atomic E-state index is -0.557. The van der Waals surface area contributed by atoms with Crippen molar-refractivity contribution in [2.24, 2.45) is 4.99 Å². The summed E-state index contributed by atoms with van der Waals surface area (Å²) in [5.41, 5.74) is 1.65. The molecule has 0 saturated carbocycles. The Kier molecular flexibility index (Phi) is 7.89. The van der Waals surface area contributed by atoms with Crippen molar-refractivity contribution in [3.05, 3.63) is 75.9 Å². The second-order valence-electron chi connectivity index (χ2n) is 7.11. The van der Waals surface area contributed by atoms with E-state index in [2.05, 4.69) is 11.1 Å². The van der Waals surface area contributed by atoms with Crippen LogP contribution in [0.3, 0.4) is 0 Å². The number of pyridine rings is 2. The van der Waals surface area contributed by atoms with Crippen molar-refractivity contribution in [3.8, 4) is 6.07 Å². The van der Waals surface area contributed by atoms with Crippen molar-refractivity contribution < 1.29 is 14.3 Å². The maximum atomic E-state index is 13.2. The van der Waals surface area contributed by atoms with Gasteiger partial charge in [0.1, 0.15) is 17.4 Å². The van der Waals surface area contributed by atoms with Crippen molar-refractivity contribution in [1.29, 1.82) is 5.26 Å². The lowest BCUT2D eigenvalue weighted by Crippen LogP contribution is -2.30. The standard InChI is InChI=1S/C24H25N5O4/c1-4-33-14-8-12-28-22(26-20(30)10-5-6-13-32-3)18(16-25)15-19-23(28)27-21-17(2)9-7-11-29(21)24(19)31/h5-7,9-11,13,15H,4,8,12,14H2,1-3H3/b10-5+,13-6+,26-22?. The molecule has 9 nitrogen and oxygen atoms in total. The summed E-state index contributed by atoms with van der Waals surface area (Å²) in [6.45, 7) is 5.18. The van der Waals surface area contributed by atoms with Gasteiger partial charge in [-0.1, -0.05) is 12.1 Å². The highest BCUT2D eigenvalue weighted by Gasteiger charge is 2.15. The topological polar surface area (TPSA) is 111 Å². The monoisotopic (exact) mass is 447 g/mol. The second-order valence-corrected chi connectivity index (χ2v) is 7.11. The fourth-order valence-electron chi connectivity index (χ4n) is 3.37. The van der Waals surface area contributed by atoms with Gasteiger partial charge in [-0.15, -0.1) is 0 Å². The number of methoxy groups -OCH3 is 1. The second kappa shape index (κ2) is 11.0. The molecule has 0 aliphatic heterocycles. The van der Waals surface area contributed by atoms with Gasteiger partial charge in [0, 0.05) is 32.0 Å². The molecule has 1 amide bonds. The molecule has 0 spiro atoms. The molecule has 33 heavy (non-hydrogen) atoms. The summed E-state index contributed by atoms with van der Waals surface area (Å²) >= 11 is 0. The average molecular weight is 447 g/mol. The first-order chi connectivity index (χ1) is 16.0. The van der Waals surface area contributed by atoms with Crippen LogP contribution in [0.1, 0.15) is 24.5 Å². The molecule has 3 rings (SSSR count). The highest BCUT2D eigenvalue weighted by molar-refractivity contribution is 5.89. The summed E-state index contributed by atoms with van der Waals surface area (Å²) < 4.78 is 13.3. The van der Waals surface area contributed by atoms with Gasteiger partial charge in [0.25, 0.3) is 11.5 Å². The Morgan fingerprint density at radius 2 is 2.15 bits per heavy atom. The van der Waals surface area contributed by atoms with Crippen LogP contribution >= 0.6 is 0 Å². The molecular formula is C24H25N5O4. The van der Waals surface area contributed by atoms with Crippen LogP contribution in [0.15, 0.2) is 58.7 Å². The average Bonchev–Trinajstić information content (AvgIpc) is 2.81. The summed E-state index contributed by atoms with van der Waals surface area (Å²) in [6, 6.07) is 7.14. The van der Waals surface area contributed by atoms with Gasteiger partial charge in [0.05, 0.1) is 24.3 Å². The zero-order valence-electron chi connectivity index (χ0n) is 18.8. The van der Waals surface area contributed by atoms with Crippen LogP contribution in [0.2, 0.25) is 0 Å². The molecule has 0 unspecified atom stereocenters. The van der Waals surface area contributed by atoms with E-state index in [1.165, 1.54) is 36.0 Å². The number of hydrogen-bond acceptors (Lipinski definition) is 6.